The summed E-state index contributed by atoms with van der Waals surface area (Å²) < 4.78 is 16.2. The standard InChI is InChI=1S/C21H22N2O5/c1-2-26-20(25)13-17-21-16-7-6-15(12-14(16)5-8-18(21)28-22-17)27-11-10-23-9-3-4-19(23)24/h5-8,12H,2-4,9-11,13H2,1H3. The number of likely N-dealkylation sites (tertiary alicyclic amines) is 1. The van der Waals surface area contributed by atoms with Crippen LogP contribution in [0.25, 0.3) is 21.7 Å². The maximum Gasteiger partial charge on any atom is 0.312 e. The lowest BCUT2D eigenvalue weighted by Gasteiger charge is -2.16. The molecule has 146 valence electrons. The lowest BCUT2D eigenvalue weighted by atomic mass is 10.0. The fourth-order valence-electron chi connectivity index (χ4n) is 3.58. The van der Waals surface area contributed by atoms with Crippen LogP contribution in [0.3, 0.4) is 0 Å². The van der Waals surface area contributed by atoms with Crippen LogP contribution >= 0.6 is 0 Å². The van der Waals surface area contributed by atoms with Crippen molar-refractivity contribution in [2.75, 3.05) is 26.3 Å². The third-order valence-corrected chi connectivity index (χ3v) is 4.91. The highest BCUT2D eigenvalue weighted by Gasteiger charge is 2.19. The van der Waals surface area contributed by atoms with Gasteiger partial charge in [0.1, 0.15) is 18.1 Å². The van der Waals surface area contributed by atoms with E-state index in [0.717, 1.165) is 34.9 Å². The Morgan fingerprint density at radius 2 is 2.18 bits per heavy atom. The first kappa shape index (κ1) is 18.3. The van der Waals surface area contributed by atoms with Crippen LogP contribution in [0.4, 0.5) is 0 Å². The summed E-state index contributed by atoms with van der Waals surface area (Å²) in [6, 6.07) is 9.55. The molecule has 1 amide bonds. The van der Waals surface area contributed by atoms with E-state index in [2.05, 4.69) is 5.16 Å². The highest BCUT2D eigenvalue weighted by atomic mass is 16.5. The minimum atomic E-state index is -0.328. The molecule has 1 aliphatic heterocycles. The van der Waals surface area contributed by atoms with Crippen molar-refractivity contribution in [1.82, 2.24) is 10.1 Å². The van der Waals surface area contributed by atoms with Gasteiger partial charge < -0.3 is 18.9 Å². The van der Waals surface area contributed by atoms with Crippen LogP contribution in [0.15, 0.2) is 34.9 Å². The summed E-state index contributed by atoms with van der Waals surface area (Å²) in [5, 5.41) is 6.78. The molecule has 0 spiro atoms. The Bertz CT molecular complexity index is 1030. The highest BCUT2D eigenvalue weighted by molar-refractivity contribution is 6.07. The molecule has 0 N–H and O–H groups in total. The van der Waals surface area contributed by atoms with Gasteiger partial charge in [0.25, 0.3) is 0 Å². The zero-order valence-electron chi connectivity index (χ0n) is 15.8. The van der Waals surface area contributed by atoms with Gasteiger partial charge in [0.2, 0.25) is 5.91 Å². The maximum absolute atomic E-state index is 11.8. The normalized spacial score (nSPS) is 14.2. The largest absolute Gasteiger partial charge is 0.492 e. The fourth-order valence-corrected chi connectivity index (χ4v) is 3.58. The van der Waals surface area contributed by atoms with Crippen molar-refractivity contribution < 1.29 is 23.6 Å². The van der Waals surface area contributed by atoms with E-state index in [0.29, 0.717) is 37.5 Å². The van der Waals surface area contributed by atoms with Gasteiger partial charge in [-0.1, -0.05) is 11.2 Å². The zero-order valence-corrected chi connectivity index (χ0v) is 15.8. The lowest BCUT2D eigenvalue weighted by molar-refractivity contribution is -0.142. The molecule has 0 radical (unpaired) electrons. The van der Waals surface area contributed by atoms with Crippen molar-refractivity contribution in [2.45, 2.75) is 26.2 Å². The molecule has 7 heteroatoms. The van der Waals surface area contributed by atoms with Gasteiger partial charge in [0.05, 0.1) is 25.0 Å². The van der Waals surface area contributed by atoms with Crippen LogP contribution in [0.2, 0.25) is 0 Å². The van der Waals surface area contributed by atoms with Gasteiger partial charge in [0, 0.05) is 13.0 Å². The summed E-state index contributed by atoms with van der Waals surface area (Å²) in [5.41, 5.74) is 1.20. The van der Waals surface area contributed by atoms with E-state index in [4.69, 9.17) is 14.0 Å². The average Bonchev–Trinajstić information content (AvgIpc) is 3.28. The minimum absolute atomic E-state index is 0.0715. The molecule has 7 nitrogen and oxygen atoms in total. The number of fused-ring (bicyclic) bond motifs is 3. The Labute approximate surface area is 162 Å². The van der Waals surface area contributed by atoms with E-state index in [1.807, 2.05) is 35.2 Å². The number of amides is 1. The summed E-state index contributed by atoms with van der Waals surface area (Å²) in [7, 11) is 0. The van der Waals surface area contributed by atoms with Crippen LogP contribution < -0.4 is 4.74 Å². The third kappa shape index (κ3) is 3.65. The molecule has 1 aliphatic rings. The molecule has 0 unspecified atom stereocenters. The highest BCUT2D eigenvalue weighted by Crippen LogP contribution is 2.31. The maximum atomic E-state index is 11.8. The summed E-state index contributed by atoms with van der Waals surface area (Å²) >= 11 is 0. The van der Waals surface area contributed by atoms with Gasteiger partial charge in [-0.05, 0) is 48.4 Å². The monoisotopic (exact) mass is 382 g/mol. The first-order valence-corrected chi connectivity index (χ1v) is 9.53. The molecule has 1 saturated heterocycles. The van der Waals surface area contributed by atoms with Crippen LogP contribution in [-0.2, 0) is 20.7 Å². The molecule has 4 rings (SSSR count). The average molecular weight is 382 g/mol. The molecule has 0 bridgehead atoms. The predicted octanol–water partition coefficient (Wildman–Crippen LogP) is 3.09. The van der Waals surface area contributed by atoms with Crippen molar-refractivity contribution in [3.05, 3.63) is 36.0 Å². The van der Waals surface area contributed by atoms with Gasteiger partial charge in [0.15, 0.2) is 5.58 Å². The third-order valence-electron chi connectivity index (χ3n) is 4.91. The predicted molar refractivity (Wildman–Crippen MR) is 103 cm³/mol. The number of benzene rings is 2. The summed E-state index contributed by atoms with van der Waals surface area (Å²) in [6.07, 6.45) is 1.64. The Balaban J connectivity index is 1.53. The van der Waals surface area contributed by atoms with E-state index in [1.54, 1.807) is 6.92 Å². The smallest absolute Gasteiger partial charge is 0.312 e. The van der Waals surface area contributed by atoms with E-state index in [1.165, 1.54) is 0 Å². The van der Waals surface area contributed by atoms with Crippen molar-refractivity contribution in [1.29, 1.82) is 0 Å². The van der Waals surface area contributed by atoms with Crippen LogP contribution in [0.5, 0.6) is 5.75 Å². The van der Waals surface area contributed by atoms with Crippen molar-refractivity contribution in [3.8, 4) is 5.75 Å². The first-order valence-electron chi connectivity index (χ1n) is 9.53. The number of ether oxygens (including phenoxy) is 2. The number of nitrogens with zero attached hydrogens (tertiary/aromatic N) is 2. The summed E-state index contributed by atoms with van der Waals surface area (Å²) in [6.45, 7) is 3.98. The van der Waals surface area contributed by atoms with E-state index in [-0.39, 0.29) is 18.3 Å². The Morgan fingerprint density at radius 3 is 2.96 bits per heavy atom. The number of rotatable bonds is 7. The van der Waals surface area contributed by atoms with Gasteiger partial charge in [-0.25, -0.2) is 0 Å². The second kappa shape index (κ2) is 7.88. The molecule has 0 aliphatic carbocycles. The number of esters is 1. The molecular formula is C21H22N2O5. The van der Waals surface area contributed by atoms with Gasteiger partial charge in [-0.3, -0.25) is 9.59 Å². The van der Waals surface area contributed by atoms with Gasteiger partial charge in [-0.2, -0.15) is 0 Å². The molecule has 28 heavy (non-hydrogen) atoms. The van der Waals surface area contributed by atoms with Gasteiger partial charge >= 0.3 is 5.97 Å². The van der Waals surface area contributed by atoms with Crippen molar-refractivity contribution in [3.63, 3.8) is 0 Å². The Morgan fingerprint density at radius 1 is 1.29 bits per heavy atom. The van der Waals surface area contributed by atoms with E-state index < -0.39 is 0 Å². The van der Waals surface area contributed by atoms with Crippen molar-refractivity contribution >= 4 is 33.6 Å². The number of hydrogen-bond acceptors (Lipinski definition) is 6. The first-order chi connectivity index (χ1) is 13.7. The Hall–Kier alpha value is -3.09. The quantitative estimate of drug-likeness (QED) is 0.584. The molecule has 0 saturated carbocycles. The number of carbonyl (C=O) groups excluding carboxylic acids is 2. The fraction of sp³-hybridized carbons (Fsp3) is 0.381. The molecule has 1 fully saturated rings. The van der Waals surface area contributed by atoms with E-state index in [9.17, 15) is 9.59 Å². The molecule has 2 heterocycles. The summed E-state index contributed by atoms with van der Waals surface area (Å²) in [4.78, 5) is 25.3. The zero-order chi connectivity index (χ0) is 19.5. The second-order valence-electron chi connectivity index (χ2n) is 6.77. The lowest BCUT2D eigenvalue weighted by Crippen LogP contribution is -2.29. The van der Waals surface area contributed by atoms with Crippen molar-refractivity contribution in [2.24, 2.45) is 0 Å². The van der Waals surface area contributed by atoms with Crippen LogP contribution in [-0.4, -0.2) is 48.2 Å². The SMILES string of the molecule is CCOC(=O)Cc1noc2ccc3cc(OCCN4CCCC4=O)ccc3c12. The minimum Gasteiger partial charge on any atom is -0.492 e. The molecule has 0 atom stereocenters. The molecular weight excluding hydrogens is 360 g/mol. The number of hydrogen-bond donors (Lipinski definition) is 0. The van der Waals surface area contributed by atoms with Gasteiger partial charge in [-0.15, -0.1) is 0 Å². The molecule has 3 aromatic rings. The summed E-state index contributed by atoms with van der Waals surface area (Å²) in [5.74, 6) is 0.610. The Kier molecular flexibility index (Phi) is 5.14. The number of aromatic nitrogens is 1. The van der Waals surface area contributed by atoms with Crippen LogP contribution in [0.1, 0.15) is 25.5 Å². The molecule has 1 aromatic heterocycles. The topological polar surface area (TPSA) is 81.9 Å². The molecule has 2 aromatic carbocycles. The second-order valence-corrected chi connectivity index (χ2v) is 6.77. The van der Waals surface area contributed by atoms with E-state index >= 15 is 0 Å². The van der Waals surface area contributed by atoms with Crippen LogP contribution in [0, 0.1) is 0 Å². The number of carbonyl (C=O) groups is 2.